The van der Waals surface area contributed by atoms with Crippen LogP contribution in [0.4, 0.5) is 0 Å². The van der Waals surface area contributed by atoms with Crippen LogP contribution in [-0.4, -0.2) is 7.11 Å². The summed E-state index contributed by atoms with van der Waals surface area (Å²) in [6, 6.07) is 16.5. The first-order valence-electron chi connectivity index (χ1n) is 11.8. The molecule has 0 aliphatic heterocycles. The molecule has 3 nitrogen and oxygen atoms in total. The van der Waals surface area contributed by atoms with E-state index in [1.165, 1.54) is 51.4 Å². The van der Waals surface area contributed by atoms with Gasteiger partial charge in [-0.05, 0) is 60.8 Å². The number of benzene rings is 2. The van der Waals surface area contributed by atoms with Gasteiger partial charge < -0.3 is 4.74 Å². The second-order valence-electron chi connectivity index (χ2n) is 8.82. The number of nitrogens with zero attached hydrogens (tertiary/aromatic N) is 2. The van der Waals surface area contributed by atoms with E-state index < -0.39 is 0 Å². The average Bonchev–Trinajstić information content (AvgIpc) is 2.83. The highest BCUT2D eigenvalue weighted by Gasteiger charge is 2.26. The lowest BCUT2D eigenvalue weighted by Crippen LogP contribution is -2.15. The maximum atomic E-state index is 9.93. The number of rotatable bonds is 9. The second kappa shape index (κ2) is 11.6. The van der Waals surface area contributed by atoms with Crippen molar-refractivity contribution < 1.29 is 4.74 Å². The summed E-state index contributed by atoms with van der Waals surface area (Å²) < 4.78 is 5.24. The molecule has 0 saturated heterocycles. The fourth-order valence-corrected chi connectivity index (χ4v) is 5.01. The molecule has 1 aliphatic rings. The molecule has 162 valence electrons. The molecule has 0 aromatic heterocycles. The molecule has 1 fully saturated rings. The molecule has 3 rings (SSSR count). The van der Waals surface area contributed by atoms with Gasteiger partial charge in [-0.25, -0.2) is 0 Å². The Morgan fingerprint density at radius 3 is 2.13 bits per heavy atom. The van der Waals surface area contributed by atoms with Crippen LogP contribution in [0, 0.1) is 28.6 Å². The summed E-state index contributed by atoms with van der Waals surface area (Å²) in [5, 5.41) is 19.8. The number of hydrogen-bond acceptors (Lipinski definition) is 3. The third-order valence-electron chi connectivity index (χ3n) is 6.86. The number of nitriles is 2. The standard InChI is InChI=1S/C28H34N2O/c1-3-4-5-6-7-8-21-9-11-22(12-10-21)25-17-18-26(28(20-30)27(25)19-29)23-13-15-24(31-2)16-14-23/h13-18,21-22H,3-12H2,1-2H3/t21-,22-. The third-order valence-corrected chi connectivity index (χ3v) is 6.86. The molecule has 0 amide bonds. The summed E-state index contributed by atoms with van der Waals surface area (Å²) >= 11 is 0. The largest absolute Gasteiger partial charge is 0.497 e. The van der Waals surface area contributed by atoms with Crippen LogP contribution in [0.25, 0.3) is 11.1 Å². The van der Waals surface area contributed by atoms with Gasteiger partial charge in [0.15, 0.2) is 0 Å². The Morgan fingerprint density at radius 2 is 1.52 bits per heavy atom. The van der Waals surface area contributed by atoms with Crippen LogP contribution in [-0.2, 0) is 0 Å². The first-order valence-corrected chi connectivity index (χ1v) is 11.8. The van der Waals surface area contributed by atoms with Gasteiger partial charge in [0.05, 0.1) is 18.2 Å². The zero-order valence-electron chi connectivity index (χ0n) is 19.0. The fraction of sp³-hybridized carbons (Fsp3) is 0.500. The molecule has 3 heteroatoms. The van der Waals surface area contributed by atoms with Crippen molar-refractivity contribution in [1.82, 2.24) is 0 Å². The number of ether oxygens (including phenoxy) is 1. The van der Waals surface area contributed by atoms with E-state index in [1.54, 1.807) is 7.11 Å². The van der Waals surface area contributed by atoms with Crippen molar-refractivity contribution in [2.45, 2.75) is 77.0 Å². The van der Waals surface area contributed by atoms with Gasteiger partial charge in [-0.1, -0.05) is 69.7 Å². The van der Waals surface area contributed by atoms with Crippen LogP contribution in [0.15, 0.2) is 36.4 Å². The lowest BCUT2D eigenvalue weighted by molar-refractivity contribution is 0.301. The molecule has 1 aliphatic carbocycles. The molecule has 0 atom stereocenters. The van der Waals surface area contributed by atoms with E-state index in [9.17, 15) is 10.5 Å². The predicted octanol–water partition coefficient (Wildman–Crippen LogP) is 7.74. The van der Waals surface area contributed by atoms with Crippen molar-refractivity contribution in [1.29, 1.82) is 10.5 Å². The van der Waals surface area contributed by atoms with Gasteiger partial charge in [0.1, 0.15) is 17.9 Å². The molecule has 0 heterocycles. The second-order valence-corrected chi connectivity index (χ2v) is 8.82. The van der Waals surface area contributed by atoms with E-state index in [0.717, 1.165) is 41.2 Å². The van der Waals surface area contributed by atoms with Crippen LogP contribution in [0.2, 0.25) is 0 Å². The Bertz CT molecular complexity index is 925. The van der Waals surface area contributed by atoms with E-state index in [2.05, 4.69) is 25.1 Å². The van der Waals surface area contributed by atoms with Crippen LogP contribution >= 0.6 is 0 Å². The van der Waals surface area contributed by atoms with Gasteiger partial charge in [-0.3, -0.25) is 0 Å². The van der Waals surface area contributed by atoms with Crippen LogP contribution in [0.3, 0.4) is 0 Å². The van der Waals surface area contributed by atoms with E-state index in [0.29, 0.717) is 17.0 Å². The van der Waals surface area contributed by atoms with Crippen molar-refractivity contribution in [2.75, 3.05) is 7.11 Å². The topological polar surface area (TPSA) is 56.8 Å². The Morgan fingerprint density at radius 1 is 0.839 bits per heavy atom. The minimum Gasteiger partial charge on any atom is -0.497 e. The molecule has 0 radical (unpaired) electrons. The summed E-state index contributed by atoms with van der Waals surface area (Å²) in [7, 11) is 1.64. The molecular formula is C28H34N2O. The SMILES string of the molecule is CCCCCCC[C@H]1CC[C@H](c2ccc(-c3ccc(OC)cc3)c(C#N)c2C#N)CC1. The maximum Gasteiger partial charge on any atom is 0.118 e. The Hall–Kier alpha value is -2.78. The van der Waals surface area contributed by atoms with Crippen LogP contribution in [0.5, 0.6) is 5.75 Å². The van der Waals surface area contributed by atoms with Gasteiger partial charge in [0.2, 0.25) is 0 Å². The van der Waals surface area contributed by atoms with Crippen LogP contribution in [0.1, 0.15) is 93.7 Å². The third kappa shape index (κ3) is 5.68. The molecule has 0 spiro atoms. The molecule has 2 aromatic rings. The highest BCUT2D eigenvalue weighted by atomic mass is 16.5. The quantitative estimate of drug-likeness (QED) is 0.394. The number of methoxy groups -OCH3 is 1. The van der Waals surface area contributed by atoms with Crippen molar-refractivity contribution in [3.63, 3.8) is 0 Å². The lowest BCUT2D eigenvalue weighted by atomic mass is 9.75. The first kappa shape index (κ1) is 22.9. The minimum absolute atomic E-state index is 0.392. The minimum atomic E-state index is 0.392. The smallest absolute Gasteiger partial charge is 0.118 e. The number of hydrogen-bond donors (Lipinski definition) is 0. The fourth-order valence-electron chi connectivity index (χ4n) is 5.01. The van der Waals surface area contributed by atoms with Gasteiger partial charge >= 0.3 is 0 Å². The summed E-state index contributed by atoms with van der Waals surface area (Å²) in [5.74, 6) is 2.00. The molecule has 0 bridgehead atoms. The van der Waals surface area contributed by atoms with E-state index >= 15 is 0 Å². The summed E-state index contributed by atoms with van der Waals surface area (Å²) in [6.07, 6.45) is 12.8. The van der Waals surface area contributed by atoms with Gasteiger partial charge in [0, 0.05) is 5.56 Å². The average molecular weight is 415 g/mol. The molecule has 0 N–H and O–H groups in total. The molecule has 2 aromatic carbocycles. The zero-order valence-corrected chi connectivity index (χ0v) is 19.0. The Labute approximate surface area is 187 Å². The molecule has 0 unspecified atom stereocenters. The van der Waals surface area contributed by atoms with Crippen molar-refractivity contribution in [3.05, 3.63) is 53.1 Å². The molecular weight excluding hydrogens is 380 g/mol. The normalized spacial score (nSPS) is 18.2. The van der Waals surface area contributed by atoms with E-state index in [1.807, 2.05) is 30.3 Å². The van der Waals surface area contributed by atoms with Crippen LogP contribution < -0.4 is 4.74 Å². The van der Waals surface area contributed by atoms with Crippen molar-refractivity contribution >= 4 is 0 Å². The first-order chi connectivity index (χ1) is 15.2. The monoisotopic (exact) mass is 414 g/mol. The molecule has 1 saturated carbocycles. The van der Waals surface area contributed by atoms with Gasteiger partial charge in [-0.2, -0.15) is 10.5 Å². The molecule has 31 heavy (non-hydrogen) atoms. The zero-order chi connectivity index (χ0) is 22.1. The lowest BCUT2D eigenvalue weighted by Gasteiger charge is -2.29. The highest BCUT2D eigenvalue weighted by Crippen LogP contribution is 2.41. The summed E-state index contributed by atoms with van der Waals surface area (Å²) in [4.78, 5) is 0. The van der Waals surface area contributed by atoms with E-state index in [4.69, 9.17) is 4.74 Å². The van der Waals surface area contributed by atoms with E-state index in [-0.39, 0.29) is 0 Å². The van der Waals surface area contributed by atoms with Gasteiger partial charge in [0.25, 0.3) is 0 Å². The number of unbranched alkanes of at least 4 members (excludes halogenated alkanes) is 4. The summed E-state index contributed by atoms with van der Waals surface area (Å²) in [6.45, 7) is 2.26. The maximum absolute atomic E-state index is 9.93. The van der Waals surface area contributed by atoms with Crippen molar-refractivity contribution in [2.24, 2.45) is 5.92 Å². The van der Waals surface area contributed by atoms with Gasteiger partial charge in [-0.15, -0.1) is 0 Å². The predicted molar refractivity (Wildman–Crippen MR) is 126 cm³/mol. The van der Waals surface area contributed by atoms with Crippen molar-refractivity contribution in [3.8, 4) is 29.0 Å². The summed E-state index contributed by atoms with van der Waals surface area (Å²) in [5.41, 5.74) is 3.90. The Balaban J connectivity index is 1.71. The Kier molecular flexibility index (Phi) is 8.54. The highest BCUT2D eigenvalue weighted by molar-refractivity contribution is 5.75.